The average Bonchev–Trinajstić information content (AvgIpc) is 4.12. The standard InChI is InChI=1S/C57H50Cl3N9O3/c1-27-18-35-10-7-8-11-40(35)30(4)67(27)56(71)53-62-47-25-36(23-44(59)50(47)65-53)34-15-17-42-32(6)69(29(3)20-39(42)22-34)57(72)54-63-48-26-37(24-45(60)51(48)66-54)33-14-16-41-31(5)68(28(2)19-38(41)21-33)55(70)52-61-46-13-9-12-43(58)49(46)64-52/h7-17,21-32H,18-20H2,1-6H3,(H,61,64)(H,62,65)(H,63,66)/t27-,28+,29+,30+,31+,32-/m0/s1. The number of H-pyrrole nitrogens is 3. The molecule has 0 aliphatic carbocycles. The molecule has 3 amide bonds. The summed E-state index contributed by atoms with van der Waals surface area (Å²) < 4.78 is 0. The third-order valence-corrected chi connectivity index (χ3v) is 16.3. The number of aromatic amines is 3. The SMILES string of the molecule is C[C@@H]1Cc2cc(-c3cc(Cl)c4nc(C(=O)N5[C@H](C)Cc6cc(-c7cc(Cl)c8nc(C(=O)N9[C@H](C)c%10ccccc%10C[C@@H]9C)[nH]c8c7)ccc6[C@@H]5C)[nH]c4c3)ccc2[C@@H](C)N1C(=O)c1nc2c(Cl)cccc2[nH]1. The summed E-state index contributed by atoms with van der Waals surface area (Å²) in [7, 11) is 0. The number of aromatic nitrogens is 6. The number of amides is 3. The molecule has 72 heavy (non-hydrogen) atoms. The van der Waals surface area contributed by atoms with Crippen LogP contribution >= 0.6 is 34.8 Å². The maximum absolute atomic E-state index is 14.5. The van der Waals surface area contributed by atoms with Gasteiger partial charge in [0.25, 0.3) is 17.7 Å². The largest absolute Gasteiger partial charge is 0.334 e. The number of nitrogens with zero attached hydrogens (tertiary/aromatic N) is 6. The molecule has 0 unspecified atom stereocenters. The van der Waals surface area contributed by atoms with E-state index in [1.54, 1.807) is 6.07 Å². The van der Waals surface area contributed by atoms with Crippen molar-refractivity contribution in [3.63, 3.8) is 0 Å². The molecule has 3 aliphatic rings. The first kappa shape index (κ1) is 46.1. The number of para-hydroxylation sites is 1. The van der Waals surface area contributed by atoms with Gasteiger partial charge in [-0.05, 0) is 153 Å². The van der Waals surface area contributed by atoms with E-state index in [4.69, 9.17) is 44.8 Å². The van der Waals surface area contributed by atoms with Crippen molar-refractivity contribution >= 4 is 85.6 Å². The Bertz CT molecular complexity index is 3750. The van der Waals surface area contributed by atoms with Gasteiger partial charge in [0, 0.05) is 18.1 Å². The molecule has 0 radical (unpaired) electrons. The molecule has 0 saturated heterocycles. The number of carbonyl (C=O) groups is 3. The molecule has 3 aromatic heterocycles. The molecule has 6 atom stereocenters. The molecular weight excluding hydrogens is 965 g/mol. The minimum Gasteiger partial charge on any atom is -0.334 e. The van der Waals surface area contributed by atoms with Crippen LogP contribution in [0.25, 0.3) is 55.4 Å². The summed E-state index contributed by atoms with van der Waals surface area (Å²) in [5.41, 5.74) is 14.3. The topological polar surface area (TPSA) is 147 Å². The van der Waals surface area contributed by atoms with E-state index >= 15 is 0 Å². The van der Waals surface area contributed by atoms with E-state index in [2.05, 4.69) is 97.0 Å². The average molecular weight is 1020 g/mol. The highest BCUT2D eigenvalue weighted by Gasteiger charge is 2.38. The quantitative estimate of drug-likeness (QED) is 0.156. The Balaban J connectivity index is 0.767. The number of hydrogen-bond donors (Lipinski definition) is 3. The molecule has 362 valence electrons. The van der Waals surface area contributed by atoms with Crippen LogP contribution in [0.3, 0.4) is 0 Å². The number of fused-ring (bicyclic) bond motifs is 6. The lowest BCUT2D eigenvalue weighted by Gasteiger charge is -2.40. The zero-order valence-electron chi connectivity index (χ0n) is 40.4. The molecule has 0 fully saturated rings. The van der Waals surface area contributed by atoms with E-state index in [0.717, 1.165) is 62.0 Å². The summed E-state index contributed by atoms with van der Waals surface area (Å²) in [6, 6.07) is 33.4. The number of carbonyl (C=O) groups excluding carboxylic acids is 3. The summed E-state index contributed by atoms with van der Waals surface area (Å²) in [6.07, 6.45) is 2.07. The minimum absolute atomic E-state index is 0.00707. The van der Waals surface area contributed by atoms with Gasteiger partial charge in [-0.2, -0.15) is 0 Å². The van der Waals surface area contributed by atoms with Crippen molar-refractivity contribution < 1.29 is 14.4 Å². The molecule has 3 N–H and O–H groups in total. The van der Waals surface area contributed by atoms with Gasteiger partial charge in [0.15, 0.2) is 17.5 Å². The zero-order chi connectivity index (χ0) is 50.0. The number of rotatable bonds is 5. The zero-order valence-corrected chi connectivity index (χ0v) is 42.7. The number of nitrogens with one attached hydrogen (secondary N) is 3. The van der Waals surface area contributed by atoms with Gasteiger partial charge in [-0.15, -0.1) is 0 Å². The van der Waals surface area contributed by atoms with Crippen molar-refractivity contribution in [3.8, 4) is 22.3 Å². The maximum Gasteiger partial charge on any atom is 0.290 e. The molecule has 15 heteroatoms. The molecule has 12 nitrogen and oxygen atoms in total. The molecule has 12 rings (SSSR count). The molecule has 0 bridgehead atoms. The normalized spacial score (nSPS) is 20.8. The fourth-order valence-corrected chi connectivity index (χ4v) is 12.7. The number of benzene rings is 6. The Hall–Kier alpha value is -6.99. The van der Waals surface area contributed by atoms with Crippen LogP contribution in [0.4, 0.5) is 0 Å². The van der Waals surface area contributed by atoms with Crippen LogP contribution in [-0.2, 0) is 19.3 Å². The molecule has 6 aromatic carbocycles. The second-order valence-electron chi connectivity index (χ2n) is 20.0. The van der Waals surface area contributed by atoms with Crippen LogP contribution in [0.15, 0.2) is 103 Å². The molecular formula is C57H50Cl3N9O3. The number of hydrogen-bond acceptors (Lipinski definition) is 6. The van der Waals surface area contributed by atoms with Gasteiger partial charge in [-0.25, -0.2) is 15.0 Å². The second kappa shape index (κ2) is 17.4. The Morgan fingerprint density at radius 1 is 0.431 bits per heavy atom. The monoisotopic (exact) mass is 1010 g/mol. The van der Waals surface area contributed by atoms with Crippen LogP contribution < -0.4 is 0 Å². The van der Waals surface area contributed by atoms with E-state index in [-0.39, 0.29) is 71.4 Å². The fraction of sp³-hybridized carbons (Fsp3) is 0.263. The first-order chi connectivity index (χ1) is 34.6. The van der Waals surface area contributed by atoms with E-state index in [0.29, 0.717) is 55.5 Å². The highest BCUT2D eigenvalue weighted by atomic mass is 35.5. The van der Waals surface area contributed by atoms with Crippen LogP contribution in [0.1, 0.15) is 125 Å². The predicted octanol–water partition coefficient (Wildman–Crippen LogP) is 13.1. The number of halogens is 3. The Labute approximate surface area is 430 Å². The van der Waals surface area contributed by atoms with Crippen LogP contribution in [0.5, 0.6) is 0 Å². The van der Waals surface area contributed by atoms with E-state index in [9.17, 15) is 14.4 Å². The lowest BCUT2D eigenvalue weighted by atomic mass is 9.87. The molecule has 6 heterocycles. The van der Waals surface area contributed by atoms with E-state index in [1.807, 2.05) is 76.2 Å². The van der Waals surface area contributed by atoms with Crippen molar-refractivity contribution in [2.24, 2.45) is 0 Å². The van der Waals surface area contributed by atoms with Crippen molar-refractivity contribution in [2.45, 2.75) is 97.1 Å². The third kappa shape index (κ3) is 7.48. The van der Waals surface area contributed by atoms with Gasteiger partial charge >= 0.3 is 0 Å². The van der Waals surface area contributed by atoms with Gasteiger partial charge in [0.1, 0.15) is 16.6 Å². The summed E-state index contributed by atoms with van der Waals surface area (Å²) in [5.74, 6) is 0.218. The van der Waals surface area contributed by atoms with Gasteiger partial charge < -0.3 is 29.7 Å². The number of imidazole rings is 3. The van der Waals surface area contributed by atoms with Gasteiger partial charge in [0.05, 0.1) is 49.7 Å². The van der Waals surface area contributed by atoms with Crippen molar-refractivity contribution in [2.75, 3.05) is 0 Å². The molecule has 0 spiro atoms. The highest BCUT2D eigenvalue weighted by molar-refractivity contribution is 6.36. The van der Waals surface area contributed by atoms with Crippen LogP contribution in [-0.4, -0.2) is 80.5 Å². The first-order valence-corrected chi connectivity index (χ1v) is 25.6. The molecule has 3 aliphatic heterocycles. The minimum atomic E-state index is -0.243. The highest BCUT2D eigenvalue weighted by Crippen LogP contribution is 2.41. The summed E-state index contributed by atoms with van der Waals surface area (Å²) in [5, 5.41) is 1.39. The van der Waals surface area contributed by atoms with Crippen molar-refractivity contribution in [1.29, 1.82) is 0 Å². The summed E-state index contributed by atoms with van der Waals surface area (Å²) >= 11 is 20.3. The van der Waals surface area contributed by atoms with Gasteiger partial charge in [0.2, 0.25) is 0 Å². The van der Waals surface area contributed by atoms with Crippen molar-refractivity contribution in [3.05, 3.63) is 169 Å². The Kier molecular flexibility index (Phi) is 11.1. The fourth-order valence-electron chi connectivity index (χ4n) is 12.0. The Morgan fingerprint density at radius 3 is 1.29 bits per heavy atom. The summed E-state index contributed by atoms with van der Waals surface area (Å²) in [6.45, 7) is 12.4. The maximum atomic E-state index is 14.5. The van der Waals surface area contributed by atoms with Crippen LogP contribution in [0, 0.1) is 0 Å². The Morgan fingerprint density at radius 2 is 0.833 bits per heavy atom. The van der Waals surface area contributed by atoms with E-state index in [1.165, 1.54) is 5.56 Å². The van der Waals surface area contributed by atoms with E-state index < -0.39 is 0 Å². The van der Waals surface area contributed by atoms with Crippen molar-refractivity contribution in [1.82, 2.24) is 44.6 Å². The lowest BCUT2D eigenvalue weighted by Crippen LogP contribution is -2.45. The molecule has 9 aromatic rings. The molecule has 0 saturated carbocycles. The smallest absolute Gasteiger partial charge is 0.290 e. The van der Waals surface area contributed by atoms with Gasteiger partial charge in [-0.1, -0.05) is 102 Å². The third-order valence-electron chi connectivity index (χ3n) is 15.4. The lowest BCUT2D eigenvalue weighted by molar-refractivity contribution is 0.0561. The second-order valence-corrected chi connectivity index (χ2v) is 21.2. The predicted molar refractivity (Wildman–Crippen MR) is 284 cm³/mol. The first-order valence-electron chi connectivity index (χ1n) is 24.5. The van der Waals surface area contributed by atoms with Crippen LogP contribution in [0.2, 0.25) is 15.1 Å². The summed E-state index contributed by atoms with van der Waals surface area (Å²) in [4.78, 5) is 72.0. The van der Waals surface area contributed by atoms with Gasteiger partial charge in [-0.3, -0.25) is 14.4 Å².